The van der Waals surface area contributed by atoms with E-state index in [2.05, 4.69) is 28.8 Å². The second-order valence-corrected chi connectivity index (χ2v) is 7.87. The number of carbonyl (C=O) groups is 1. The van der Waals surface area contributed by atoms with Gasteiger partial charge in [0.2, 0.25) is 5.91 Å². The Labute approximate surface area is 137 Å². The molecule has 3 N–H and O–H groups in total. The maximum absolute atomic E-state index is 12.7. The van der Waals surface area contributed by atoms with E-state index in [-0.39, 0.29) is 11.3 Å². The smallest absolute Gasteiger partial charge is 0.227 e. The molecule has 1 saturated carbocycles. The van der Waals surface area contributed by atoms with Crippen molar-refractivity contribution >= 4 is 5.91 Å². The molecule has 23 heavy (non-hydrogen) atoms. The SMILES string of the molecule is O=C(NCC1(O)CCc2ccccc2C1)C12CCC(CNC1)C2. The van der Waals surface area contributed by atoms with E-state index in [1.165, 1.54) is 11.1 Å². The first-order chi connectivity index (χ1) is 11.1. The first-order valence-electron chi connectivity index (χ1n) is 8.87. The van der Waals surface area contributed by atoms with Gasteiger partial charge in [0, 0.05) is 19.5 Å². The minimum Gasteiger partial charge on any atom is -0.388 e. The van der Waals surface area contributed by atoms with Gasteiger partial charge in [-0.3, -0.25) is 4.79 Å². The van der Waals surface area contributed by atoms with Crippen LogP contribution < -0.4 is 10.6 Å². The summed E-state index contributed by atoms with van der Waals surface area (Å²) in [6.45, 7) is 2.21. The van der Waals surface area contributed by atoms with Crippen molar-refractivity contribution in [1.82, 2.24) is 10.6 Å². The Kier molecular flexibility index (Phi) is 3.69. The average molecular weight is 314 g/mol. The highest BCUT2D eigenvalue weighted by atomic mass is 16.3. The van der Waals surface area contributed by atoms with Gasteiger partial charge in [0.05, 0.1) is 11.0 Å². The third-order valence-electron chi connectivity index (χ3n) is 6.16. The number of carbonyl (C=O) groups excluding carboxylic acids is 1. The molecule has 1 heterocycles. The maximum Gasteiger partial charge on any atom is 0.227 e. The van der Waals surface area contributed by atoms with Crippen LogP contribution >= 0.6 is 0 Å². The van der Waals surface area contributed by atoms with Gasteiger partial charge in [0.15, 0.2) is 0 Å². The molecule has 2 fully saturated rings. The number of benzene rings is 1. The molecular formula is C19H26N2O2. The summed E-state index contributed by atoms with van der Waals surface area (Å²) in [6, 6.07) is 8.30. The van der Waals surface area contributed by atoms with Crippen molar-refractivity contribution in [1.29, 1.82) is 0 Å². The summed E-state index contributed by atoms with van der Waals surface area (Å²) < 4.78 is 0. The summed E-state index contributed by atoms with van der Waals surface area (Å²) in [6.07, 6.45) is 5.38. The molecule has 1 amide bonds. The highest BCUT2D eigenvalue weighted by Gasteiger charge is 2.47. The summed E-state index contributed by atoms with van der Waals surface area (Å²) in [5, 5.41) is 17.4. The van der Waals surface area contributed by atoms with E-state index in [9.17, 15) is 9.90 Å². The van der Waals surface area contributed by atoms with Gasteiger partial charge in [0.25, 0.3) is 0 Å². The standard InChI is InChI=1S/C19H26N2O2/c22-17(18-7-5-14(9-18)11-20-12-18)21-13-19(23)8-6-15-3-1-2-4-16(15)10-19/h1-4,14,20,23H,5-13H2,(H,21,22). The Morgan fingerprint density at radius 1 is 1.30 bits per heavy atom. The predicted molar refractivity (Wildman–Crippen MR) is 89.1 cm³/mol. The van der Waals surface area contributed by atoms with Crippen molar-refractivity contribution in [3.8, 4) is 0 Å². The van der Waals surface area contributed by atoms with Crippen LogP contribution in [0.15, 0.2) is 24.3 Å². The van der Waals surface area contributed by atoms with Crippen LogP contribution in [0.25, 0.3) is 0 Å². The fourth-order valence-electron chi connectivity index (χ4n) is 4.74. The van der Waals surface area contributed by atoms with Crippen LogP contribution in [-0.2, 0) is 17.6 Å². The molecule has 4 nitrogen and oxygen atoms in total. The maximum atomic E-state index is 12.7. The Morgan fingerprint density at radius 2 is 2.13 bits per heavy atom. The zero-order valence-corrected chi connectivity index (χ0v) is 13.6. The molecule has 124 valence electrons. The van der Waals surface area contributed by atoms with E-state index >= 15 is 0 Å². The molecule has 0 radical (unpaired) electrons. The van der Waals surface area contributed by atoms with Crippen LogP contribution in [0.1, 0.15) is 36.8 Å². The molecule has 3 aliphatic rings. The zero-order chi connectivity index (χ0) is 15.9. The molecule has 1 aliphatic heterocycles. The summed E-state index contributed by atoms with van der Waals surface area (Å²) in [4.78, 5) is 12.7. The molecule has 2 bridgehead atoms. The predicted octanol–water partition coefficient (Wildman–Crippen LogP) is 1.41. The van der Waals surface area contributed by atoms with Crippen LogP contribution in [0, 0.1) is 11.3 Å². The second-order valence-electron chi connectivity index (χ2n) is 7.87. The van der Waals surface area contributed by atoms with E-state index in [1.54, 1.807) is 0 Å². The minimum absolute atomic E-state index is 0.138. The zero-order valence-electron chi connectivity index (χ0n) is 13.6. The number of hydrogen-bond donors (Lipinski definition) is 3. The fourth-order valence-corrected chi connectivity index (χ4v) is 4.74. The summed E-state index contributed by atoms with van der Waals surface area (Å²) in [7, 11) is 0. The van der Waals surface area contributed by atoms with Crippen molar-refractivity contribution in [3.63, 3.8) is 0 Å². The van der Waals surface area contributed by atoms with Gasteiger partial charge in [-0.15, -0.1) is 0 Å². The number of nitrogens with one attached hydrogen (secondary N) is 2. The van der Waals surface area contributed by atoms with Gasteiger partial charge in [-0.2, -0.15) is 0 Å². The topological polar surface area (TPSA) is 61.4 Å². The lowest BCUT2D eigenvalue weighted by atomic mass is 9.79. The van der Waals surface area contributed by atoms with Crippen LogP contribution in [0.3, 0.4) is 0 Å². The summed E-state index contributed by atoms with van der Waals surface area (Å²) in [5.41, 5.74) is 1.51. The first-order valence-corrected chi connectivity index (χ1v) is 8.87. The monoisotopic (exact) mass is 314 g/mol. The van der Waals surface area contributed by atoms with Gasteiger partial charge in [-0.1, -0.05) is 24.3 Å². The van der Waals surface area contributed by atoms with Crippen LogP contribution in [0.2, 0.25) is 0 Å². The molecule has 4 heteroatoms. The normalized spacial score (nSPS) is 35.6. The Morgan fingerprint density at radius 3 is 3.00 bits per heavy atom. The van der Waals surface area contributed by atoms with Gasteiger partial charge < -0.3 is 15.7 Å². The molecule has 0 spiro atoms. The van der Waals surface area contributed by atoms with Gasteiger partial charge in [-0.05, 0) is 55.7 Å². The Bertz CT molecular complexity index is 613. The van der Waals surface area contributed by atoms with E-state index in [0.29, 0.717) is 18.9 Å². The van der Waals surface area contributed by atoms with Crippen molar-refractivity contribution in [3.05, 3.63) is 35.4 Å². The number of aryl methyl sites for hydroxylation is 1. The highest BCUT2D eigenvalue weighted by molar-refractivity contribution is 5.83. The lowest BCUT2D eigenvalue weighted by Gasteiger charge is -2.36. The molecule has 1 saturated heterocycles. The number of rotatable bonds is 3. The third kappa shape index (κ3) is 2.79. The lowest BCUT2D eigenvalue weighted by Crippen LogP contribution is -2.53. The van der Waals surface area contributed by atoms with E-state index in [4.69, 9.17) is 0 Å². The van der Waals surface area contributed by atoms with Gasteiger partial charge in [-0.25, -0.2) is 0 Å². The summed E-state index contributed by atoms with van der Waals surface area (Å²) >= 11 is 0. The van der Waals surface area contributed by atoms with Crippen LogP contribution in [0.4, 0.5) is 0 Å². The van der Waals surface area contributed by atoms with Crippen molar-refractivity contribution in [2.24, 2.45) is 11.3 Å². The van der Waals surface area contributed by atoms with Crippen LogP contribution in [-0.4, -0.2) is 36.2 Å². The quantitative estimate of drug-likeness (QED) is 0.790. The van der Waals surface area contributed by atoms with Crippen molar-refractivity contribution in [2.45, 2.75) is 44.1 Å². The Hall–Kier alpha value is -1.39. The molecule has 3 atom stereocenters. The lowest BCUT2D eigenvalue weighted by molar-refractivity contribution is -0.132. The van der Waals surface area contributed by atoms with Gasteiger partial charge in [0.1, 0.15) is 0 Å². The molecule has 0 aromatic heterocycles. The Balaban J connectivity index is 1.40. The summed E-state index contributed by atoms with van der Waals surface area (Å²) in [5.74, 6) is 0.790. The van der Waals surface area contributed by atoms with Gasteiger partial charge >= 0.3 is 0 Å². The second kappa shape index (κ2) is 5.60. The number of piperidine rings is 1. The molecule has 3 unspecified atom stereocenters. The largest absolute Gasteiger partial charge is 0.388 e. The van der Waals surface area contributed by atoms with Crippen molar-refractivity contribution in [2.75, 3.05) is 19.6 Å². The highest BCUT2D eigenvalue weighted by Crippen LogP contribution is 2.44. The number of amides is 1. The van der Waals surface area contributed by atoms with E-state index < -0.39 is 5.60 Å². The fraction of sp³-hybridized carbons (Fsp3) is 0.632. The van der Waals surface area contributed by atoms with Crippen molar-refractivity contribution < 1.29 is 9.90 Å². The molecule has 2 aliphatic carbocycles. The number of aliphatic hydroxyl groups is 1. The average Bonchev–Trinajstić information content (AvgIpc) is 2.88. The minimum atomic E-state index is -0.805. The number of fused-ring (bicyclic) bond motifs is 3. The number of hydrogen-bond acceptors (Lipinski definition) is 3. The van der Waals surface area contributed by atoms with E-state index in [0.717, 1.165) is 45.2 Å². The molecule has 4 rings (SSSR count). The molecular weight excluding hydrogens is 288 g/mol. The van der Waals surface area contributed by atoms with Crippen LogP contribution in [0.5, 0.6) is 0 Å². The first kappa shape index (κ1) is 15.2. The third-order valence-corrected chi connectivity index (χ3v) is 6.16. The molecule has 1 aromatic carbocycles. The molecule has 1 aromatic rings. The van der Waals surface area contributed by atoms with E-state index in [1.807, 2.05) is 6.07 Å².